The lowest BCUT2D eigenvalue weighted by atomic mass is 10.4. The van der Waals surface area contributed by atoms with Crippen molar-refractivity contribution >= 4 is 18.2 Å². The van der Waals surface area contributed by atoms with Crippen LogP contribution in [0.2, 0.25) is 0 Å². The minimum atomic E-state index is 0. The monoisotopic (exact) mass is 187 g/mol. The van der Waals surface area contributed by atoms with E-state index in [1.165, 1.54) is 0 Å². The Morgan fingerprint density at radius 3 is 2.17 bits per heavy atom. The molecule has 0 atom stereocenters. The van der Waals surface area contributed by atoms with Crippen LogP contribution in [-0.2, 0) is 0 Å². The van der Waals surface area contributed by atoms with Crippen molar-refractivity contribution in [2.24, 2.45) is 0 Å². The van der Waals surface area contributed by atoms with Crippen LogP contribution >= 0.6 is 12.4 Å². The highest BCUT2D eigenvalue weighted by atomic mass is 35.5. The molecule has 1 rings (SSSR count). The maximum atomic E-state index is 4.25. The van der Waals surface area contributed by atoms with Gasteiger partial charge in [0, 0.05) is 25.9 Å². The Labute approximate surface area is 79.2 Å². The second-order valence-electron chi connectivity index (χ2n) is 2.81. The Morgan fingerprint density at radius 2 is 1.75 bits per heavy atom. The van der Waals surface area contributed by atoms with E-state index in [1.807, 2.05) is 38.9 Å². The number of halogens is 1. The lowest BCUT2D eigenvalue weighted by molar-refractivity contribution is 0.964. The largest absolute Gasteiger partial charge is 0.363 e. The van der Waals surface area contributed by atoms with Gasteiger partial charge in [0.05, 0.1) is 0 Å². The van der Waals surface area contributed by atoms with Gasteiger partial charge in [0.25, 0.3) is 0 Å². The maximum Gasteiger partial charge on any atom is 0.131 e. The fourth-order valence-electron chi connectivity index (χ4n) is 0.926. The molecule has 0 aromatic carbocycles. The summed E-state index contributed by atoms with van der Waals surface area (Å²) in [7, 11) is 3.95. The highest BCUT2D eigenvalue weighted by Crippen LogP contribution is 2.07. The molecule has 0 unspecified atom stereocenters. The van der Waals surface area contributed by atoms with Crippen molar-refractivity contribution in [1.82, 2.24) is 9.97 Å². The minimum Gasteiger partial charge on any atom is -0.363 e. The minimum absolute atomic E-state index is 0. The predicted octanol–water partition coefficient (Wildman–Crippen LogP) is 1.58. The fourth-order valence-corrected chi connectivity index (χ4v) is 0.926. The predicted molar refractivity (Wildman–Crippen MR) is 53.1 cm³/mol. The molecule has 3 nitrogen and oxygen atoms in total. The molecule has 1 aromatic rings. The van der Waals surface area contributed by atoms with Gasteiger partial charge in [-0.25, -0.2) is 9.97 Å². The Bertz CT molecular complexity index is 240. The fraction of sp³-hybridized carbons (Fsp3) is 0.500. The zero-order valence-corrected chi connectivity index (χ0v) is 8.64. The lowest BCUT2D eigenvalue weighted by Gasteiger charge is -2.11. The summed E-state index contributed by atoms with van der Waals surface area (Å²) in [5.74, 6) is 1.80. The van der Waals surface area contributed by atoms with Crippen LogP contribution in [0.3, 0.4) is 0 Å². The summed E-state index contributed by atoms with van der Waals surface area (Å²) in [4.78, 5) is 10.4. The highest BCUT2D eigenvalue weighted by molar-refractivity contribution is 5.85. The molecule has 0 saturated heterocycles. The first-order valence-corrected chi connectivity index (χ1v) is 3.59. The molecule has 68 valence electrons. The molecular weight excluding hydrogens is 174 g/mol. The van der Waals surface area contributed by atoms with Crippen molar-refractivity contribution < 1.29 is 0 Å². The Balaban J connectivity index is 0.00000121. The summed E-state index contributed by atoms with van der Waals surface area (Å²) in [5.41, 5.74) is 1.02. The summed E-state index contributed by atoms with van der Waals surface area (Å²) >= 11 is 0. The summed E-state index contributed by atoms with van der Waals surface area (Å²) in [6.45, 7) is 3.88. The number of aromatic nitrogens is 2. The van der Waals surface area contributed by atoms with Crippen LogP contribution in [0.1, 0.15) is 11.5 Å². The van der Waals surface area contributed by atoms with Gasteiger partial charge in [-0.3, -0.25) is 0 Å². The van der Waals surface area contributed by atoms with Gasteiger partial charge >= 0.3 is 0 Å². The van der Waals surface area contributed by atoms with Gasteiger partial charge < -0.3 is 4.90 Å². The second-order valence-corrected chi connectivity index (χ2v) is 2.81. The smallest absolute Gasteiger partial charge is 0.131 e. The van der Waals surface area contributed by atoms with Crippen LogP contribution in [0.15, 0.2) is 6.07 Å². The molecule has 0 aliphatic carbocycles. The molecule has 4 heteroatoms. The van der Waals surface area contributed by atoms with Crippen molar-refractivity contribution in [3.05, 3.63) is 17.6 Å². The maximum absolute atomic E-state index is 4.25. The van der Waals surface area contributed by atoms with E-state index in [4.69, 9.17) is 0 Å². The summed E-state index contributed by atoms with van der Waals surface area (Å²) in [6.07, 6.45) is 0. The standard InChI is InChI=1S/C8H13N3.ClH/c1-6-5-8(11(3)4)10-7(2)9-6;/h5H,1-4H3;1H. The number of hydrogen-bond acceptors (Lipinski definition) is 3. The van der Waals surface area contributed by atoms with Gasteiger partial charge in [-0.1, -0.05) is 0 Å². The highest BCUT2D eigenvalue weighted by Gasteiger charge is 1.98. The zero-order chi connectivity index (χ0) is 8.43. The molecule has 0 radical (unpaired) electrons. The van der Waals surface area contributed by atoms with E-state index in [2.05, 4.69) is 9.97 Å². The van der Waals surface area contributed by atoms with Gasteiger partial charge in [0.15, 0.2) is 0 Å². The number of hydrogen-bond donors (Lipinski definition) is 0. The average molecular weight is 188 g/mol. The molecule has 1 aromatic heterocycles. The van der Waals surface area contributed by atoms with Crippen molar-refractivity contribution in [2.45, 2.75) is 13.8 Å². The first kappa shape index (κ1) is 11.2. The van der Waals surface area contributed by atoms with Crippen molar-refractivity contribution in [1.29, 1.82) is 0 Å². The third-order valence-corrected chi connectivity index (χ3v) is 1.41. The topological polar surface area (TPSA) is 29.0 Å². The van der Waals surface area contributed by atoms with Crippen LogP contribution < -0.4 is 4.90 Å². The molecule has 0 fully saturated rings. The number of anilines is 1. The molecule has 12 heavy (non-hydrogen) atoms. The van der Waals surface area contributed by atoms with E-state index in [9.17, 15) is 0 Å². The van der Waals surface area contributed by atoms with E-state index >= 15 is 0 Å². The first-order valence-electron chi connectivity index (χ1n) is 3.59. The van der Waals surface area contributed by atoms with E-state index < -0.39 is 0 Å². The Kier molecular flexibility index (Phi) is 3.96. The Morgan fingerprint density at radius 1 is 1.17 bits per heavy atom. The molecular formula is C8H14ClN3. The second kappa shape index (κ2) is 4.26. The summed E-state index contributed by atoms with van der Waals surface area (Å²) in [6, 6.07) is 1.97. The third kappa shape index (κ3) is 2.66. The molecule has 0 bridgehead atoms. The van der Waals surface area contributed by atoms with E-state index in [-0.39, 0.29) is 12.4 Å². The number of rotatable bonds is 1. The molecule has 0 saturated carbocycles. The van der Waals surface area contributed by atoms with Gasteiger partial charge in [-0.15, -0.1) is 12.4 Å². The number of nitrogens with zero attached hydrogens (tertiary/aromatic N) is 3. The van der Waals surface area contributed by atoms with Gasteiger partial charge in [0.2, 0.25) is 0 Å². The van der Waals surface area contributed by atoms with E-state index in [1.54, 1.807) is 0 Å². The van der Waals surface area contributed by atoms with Gasteiger partial charge in [-0.2, -0.15) is 0 Å². The lowest BCUT2D eigenvalue weighted by Crippen LogP contribution is -2.11. The molecule has 1 heterocycles. The SMILES string of the molecule is Cc1cc(N(C)C)nc(C)n1.Cl. The number of aryl methyl sites for hydroxylation is 2. The average Bonchev–Trinajstić information content (AvgIpc) is 1.85. The van der Waals surface area contributed by atoms with Crippen molar-refractivity contribution in [2.75, 3.05) is 19.0 Å². The van der Waals surface area contributed by atoms with Crippen LogP contribution in [0.4, 0.5) is 5.82 Å². The van der Waals surface area contributed by atoms with Gasteiger partial charge in [0.1, 0.15) is 11.6 Å². The molecule has 0 spiro atoms. The van der Waals surface area contributed by atoms with Crippen molar-refractivity contribution in [3.63, 3.8) is 0 Å². The molecule has 0 aliphatic heterocycles. The van der Waals surface area contributed by atoms with Crippen LogP contribution in [0.25, 0.3) is 0 Å². The Hall–Kier alpha value is -0.830. The van der Waals surface area contributed by atoms with Crippen molar-refractivity contribution in [3.8, 4) is 0 Å². The molecule has 0 amide bonds. The normalized spacial score (nSPS) is 9.00. The molecule has 0 N–H and O–H groups in total. The quantitative estimate of drug-likeness (QED) is 0.669. The summed E-state index contributed by atoms with van der Waals surface area (Å²) in [5, 5.41) is 0. The molecule has 0 aliphatic rings. The van der Waals surface area contributed by atoms with Crippen LogP contribution in [0, 0.1) is 13.8 Å². The van der Waals surface area contributed by atoms with Gasteiger partial charge in [-0.05, 0) is 13.8 Å². The van der Waals surface area contributed by atoms with Crippen LogP contribution in [-0.4, -0.2) is 24.1 Å². The summed E-state index contributed by atoms with van der Waals surface area (Å²) < 4.78 is 0. The van der Waals surface area contributed by atoms with Crippen LogP contribution in [0.5, 0.6) is 0 Å². The first-order chi connectivity index (χ1) is 5.09. The van der Waals surface area contributed by atoms with E-state index in [0.29, 0.717) is 0 Å². The third-order valence-electron chi connectivity index (χ3n) is 1.41. The van der Waals surface area contributed by atoms with E-state index in [0.717, 1.165) is 17.3 Å². The zero-order valence-electron chi connectivity index (χ0n) is 7.83.